The summed E-state index contributed by atoms with van der Waals surface area (Å²) in [6, 6.07) is 2.72. The molecule has 2 heterocycles. The largest absolute Gasteiger partial charge is 0.481 e. The van der Waals surface area contributed by atoms with Gasteiger partial charge >= 0.3 is 5.97 Å². The van der Waals surface area contributed by atoms with Crippen molar-refractivity contribution in [3.8, 4) is 0 Å². The van der Waals surface area contributed by atoms with E-state index in [0.717, 1.165) is 4.31 Å². The number of carbonyl (C=O) groups is 1. The van der Waals surface area contributed by atoms with Crippen molar-refractivity contribution in [2.45, 2.75) is 5.03 Å². The van der Waals surface area contributed by atoms with Crippen molar-refractivity contribution in [3.63, 3.8) is 0 Å². The SMILES string of the molecule is O=C(O)C1CN(S(=O)(=O)c2ccc(Cl)cn2)C1. The third kappa shape index (κ3) is 2.26. The number of aromatic nitrogens is 1. The third-order valence-corrected chi connectivity index (χ3v) is 4.47. The summed E-state index contributed by atoms with van der Waals surface area (Å²) >= 11 is 5.61. The number of aliphatic carboxylic acids is 1. The summed E-state index contributed by atoms with van der Waals surface area (Å²) in [6.45, 7) is -0.0239. The number of halogens is 1. The molecule has 0 aromatic carbocycles. The van der Waals surface area contributed by atoms with Crippen LogP contribution in [0.4, 0.5) is 0 Å². The number of hydrogen-bond acceptors (Lipinski definition) is 4. The standard InChI is InChI=1S/C9H9ClN2O4S/c10-7-1-2-8(11-3-7)17(15,16)12-4-6(5-12)9(13)14/h1-3,6H,4-5H2,(H,13,14). The molecule has 0 radical (unpaired) electrons. The molecule has 0 atom stereocenters. The third-order valence-electron chi connectivity index (χ3n) is 2.50. The van der Waals surface area contributed by atoms with Crippen molar-refractivity contribution in [2.24, 2.45) is 5.92 Å². The average Bonchev–Trinajstić information content (AvgIpc) is 2.14. The Labute approximate surface area is 103 Å². The molecule has 1 N–H and O–H groups in total. The first-order valence-electron chi connectivity index (χ1n) is 4.76. The molecule has 1 aliphatic heterocycles. The lowest BCUT2D eigenvalue weighted by atomic mass is 10.0. The van der Waals surface area contributed by atoms with Crippen LogP contribution >= 0.6 is 11.6 Å². The van der Waals surface area contributed by atoms with Crippen LogP contribution in [0.25, 0.3) is 0 Å². The average molecular weight is 277 g/mol. The van der Waals surface area contributed by atoms with Gasteiger partial charge in [0.25, 0.3) is 10.0 Å². The number of carboxylic acid groups (broad SMARTS) is 1. The lowest BCUT2D eigenvalue weighted by molar-refractivity contribution is -0.145. The Morgan fingerprint density at radius 3 is 2.59 bits per heavy atom. The minimum atomic E-state index is -3.69. The molecular formula is C9H9ClN2O4S. The highest BCUT2D eigenvalue weighted by Crippen LogP contribution is 2.24. The summed E-state index contributed by atoms with van der Waals surface area (Å²) in [5, 5.41) is 8.89. The van der Waals surface area contributed by atoms with E-state index < -0.39 is 21.9 Å². The maximum Gasteiger partial charge on any atom is 0.309 e. The molecule has 0 spiro atoms. The smallest absolute Gasteiger partial charge is 0.309 e. The van der Waals surface area contributed by atoms with Gasteiger partial charge in [-0.15, -0.1) is 0 Å². The normalized spacial score (nSPS) is 17.7. The molecular weight excluding hydrogens is 268 g/mol. The van der Waals surface area contributed by atoms with Gasteiger partial charge in [0.1, 0.15) is 0 Å². The molecule has 0 bridgehead atoms. The van der Waals surface area contributed by atoms with Gasteiger partial charge in [0.2, 0.25) is 0 Å². The molecule has 0 saturated carbocycles. The fourth-order valence-corrected chi connectivity index (χ4v) is 2.99. The Bertz CT molecular complexity index is 537. The summed E-state index contributed by atoms with van der Waals surface area (Å²) in [4.78, 5) is 14.3. The van der Waals surface area contributed by atoms with Crippen LogP contribution in [0, 0.1) is 5.92 Å². The van der Waals surface area contributed by atoms with Crippen LogP contribution in [0.1, 0.15) is 0 Å². The maximum absolute atomic E-state index is 11.9. The van der Waals surface area contributed by atoms with Crippen molar-refractivity contribution in [1.82, 2.24) is 9.29 Å². The molecule has 1 aliphatic rings. The molecule has 0 aliphatic carbocycles. The first kappa shape index (κ1) is 12.3. The van der Waals surface area contributed by atoms with Crippen molar-refractivity contribution in [2.75, 3.05) is 13.1 Å². The van der Waals surface area contributed by atoms with Crippen molar-refractivity contribution in [1.29, 1.82) is 0 Å². The predicted octanol–water partition coefficient (Wildman–Crippen LogP) is 0.440. The number of sulfonamides is 1. The van der Waals surface area contributed by atoms with Crippen LogP contribution in [0.5, 0.6) is 0 Å². The zero-order valence-corrected chi connectivity index (χ0v) is 10.1. The number of rotatable bonds is 3. The molecule has 2 rings (SSSR count). The first-order chi connectivity index (χ1) is 7.91. The molecule has 8 heteroatoms. The van der Waals surface area contributed by atoms with Gasteiger partial charge in [-0.2, -0.15) is 4.31 Å². The van der Waals surface area contributed by atoms with E-state index in [9.17, 15) is 13.2 Å². The van der Waals surface area contributed by atoms with Crippen LogP contribution in [-0.2, 0) is 14.8 Å². The highest BCUT2D eigenvalue weighted by atomic mass is 35.5. The zero-order valence-electron chi connectivity index (χ0n) is 8.58. The van der Waals surface area contributed by atoms with Crippen LogP contribution < -0.4 is 0 Å². The zero-order chi connectivity index (χ0) is 12.6. The summed E-state index contributed by atoms with van der Waals surface area (Å²) in [5.74, 6) is -1.61. The molecule has 92 valence electrons. The minimum Gasteiger partial charge on any atom is -0.481 e. The van der Waals surface area contributed by atoms with E-state index in [1.807, 2.05) is 0 Å². The predicted molar refractivity (Wildman–Crippen MR) is 59.1 cm³/mol. The van der Waals surface area contributed by atoms with Crippen molar-refractivity contribution < 1.29 is 18.3 Å². The fourth-order valence-electron chi connectivity index (χ4n) is 1.44. The molecule has 1 aromatic heterocycles. The number of carboxylic acids is 1. The van der Waals surface area contributed by atoms with Crippen LogP contribution in [0.2, 0.25) is 5.02 Å². The second-order valence-corrected chi connectivity index (χ2v) is 5.99. The van der Waals surface area contributed by atoms with Gasteiger partial charge in [-0.1, -0.05) is 11.6 Å². The first-order valence-corrected chi connectivity index (χ1v) is 6.57. The van der Waals surface area contributed by atoms with E-state index in [1.54, 1.807) is 0 Å². The van der Waals surface area contributed by atoms with E-state index in [4.69, 9.17) is 16.7 Å². The minimum absolute atomic E-state index is 0.0119. The summed E-state index contributed by atoms with van der Waals surface area (Å²) in [6.07, 6.45) is 1.24. The Morgan fingerprint density at radius 1 is 1.47 bits per heavy atom. The van der Waals surface area contributed by atoms with Gasteiger partial charge < -0.3 is 5.11 Å². The van der Waals surface area contributed by atoms with Gasteiger partial charge in [0.05, 0.1) is 10.9 Å². The highest BCUT2D eigenvalue weighted by molar-refractivity contribution is 7.89. The van der Waals surface area contributed by atoms with Gasteiger partial charge in [-0.3, -0.25) is 4.79 Å². The van der Waals surface area contributed by atoms with Crippen molar-refractivity contribution >= 4 is 27.6 Å². The van der Waals surface area contributed by atoms with Crippen LogP contribution in [0.3, 0.4) is 0 Å². The quantitative estimate of drug-likeness (QED) is 0.865. The molecule has 0 amide bonds. The monoisotopic (exact) mass is 276 g/mol. The summed E-state index contributed by atoms with van der Waals surface area (Å²) in [5.41, 5.74) is 0. The van der Waals surface area contributed by atoms with E-state index in [2.05, 4.69) is 4.98 Å². The molecule has 1 aromatic rings. The van der Waals surface area contributed by atoms with Crippen molar-refractivity contribution in [3.05, 3.63) is 23.4 Å². The Hall–Kier alpha value is -1.18. The van der Waals surface area contributed by atoms with Gasteiger partial charge in [0, 0.05) is 19.3 Å². The second kappa shape index (κ2) is 4.25. The lowest BCUT2D eigenvalue weighted by Gasteiger charge is -2.34. The van der Waals surface area contributed by atoms with Gasteiger partial charge in [-0.05, 0) is 12.1 Å². The Kier molecular flexibility index (Phi) is 3.07. The van der Waals surface area contributed by atoms with E-state index in [-0.39, 0.29) is 18.1 Å². The molecule has 1 fully saturated rings. The van der Waals surface area contributed by atoms with E-state index in [1.165, 1.54) is 18.3 Å². The summed E-state index contributed by atoms with van der Waals surface area (Å²) in [7, 11) is -3.69. The maximum atomic E-state index is 11.9. The van der Waals surface area contributed by atoms with Gasteiger partial charge in [-0.25, -0.2) is 13.4 Å². The van der Waals surface area contributed by atoms with Gasteiger partial charge in [0.15, 0.2) is 5.03 Å². The van der Waals surface area contributed by atoms with E-state index >= 15 is 0 Å². The van der Waals surface area contributed by atoms with Crippen LogP contribution in [-0.4, -0.2) is 41.9 Å². The van der Waals surface area contributed by atoms with E-state index in [0.29, 0.717) is 5.02 Å². The lowest BCUT2D eigenvalue weighted by Crippen LogP contribution is -2.52. The second-order valence-electron chi connectivity index (χ2n) is 3.67. The molecule has 1 saturated heterocycles. The topological polar surface area (TPSA) is 87.6 Å². The fraction of sp³-hybridized carbons (Fsp3) is 0.333. The number of nitrogens with zero attached hydrogens (tertiary/aromatic N) is 2. The molecule has 6 nitrogen and oxygen atoms in total. The Balaban J connectivity index is 2.16. The Morgan fingerprint density at radius 2 is 2.12 bits per heavy atom. The highest BCUT2D eigenvalue weighted by Gasteiger charge is 2.40. The number of hydrogen-bond donors (Lipinski definition) is 1. The number of pyridine rings is 1. The molecule has 0 unspecified atom stereocenters. The summed E-state index contributed by atoms with van der Waals surface area (Å²) < 4.78 is 24.9. The van der Waals surface area contributed by atoms with Crippen LogP contribution in [0.15, 0.2) is 23.4 Å². The molecule has 17 heavy (non-hydrogen) atoms.